The first-order valence-corrected chi connectivity index (χ1v) is 15.8. The summed E-state index contributed by atoms with van der Waals surface area (Å²) >= 11 is 0. The van der Waals surface area contributed by atoms with Crippen LogP contribution in [0.25, 0.3) is 0 Å². The molecule has 216 valence electrons. The molecule has 4 aromatic rings. The normalized spacial score (nSPS) is 19.0. The molecular formula is C40H48BN. The van der Waals surface area contributed by atoms with Crippen molar-refractivity contribution in [2.75, 3.05) is 7.05 Å². The number of rotatable bonds is 4. The van der Waals surface area contributed by atoms with Crippen LogP contribution in [0.3, 0.4) is 0 Å². The molecule has 1 nitrogen and oxygen atoms in total. The van der Waals surface area contributed by atoms with Gasteiger partial charge in [0.2, 0.25) is 0 Å². The summed E-state index contributed by atoms with van der Waals surface area (Å²) in [4.78, 5) is 1.66. The molecule has 6 rings (SSSR count). The highest BCUT2D eigenvalue weighted by atomic mass is 15.2. The van der Waals surface area contributed by atoms with Crippen LogP contribution in [0.2, 0.25) is 0 Å². The maximum Gasteiger partial charge on any atom is 0.149 e. The predicted octanol–water partition coefficient (Wildman–Crippen LogP) is 4.97. The Hall–Kier alpha value is -3.54. The summed E-state index contributed by atoms with van der Waals surface area (Å²) in [6.07, 6.45) is 2.49. The van der Waals surface area contributed by atoms with Gasteiger partial charge < -0.3 is 4.90 Å². The quantitative estimate of drug-likeness (QED) is 0.269. The summed E-state index contributed by atoms with van der Waals surface area (Å²) in [5, 5.41) is 0. The lowest BCUT2D eigenvalue weighted by molar-refractivity contribution is -0.909. The van der Waals surface area contributed by atoms with E-state index >= 15 is 0 Å². The van der Waals surface area contributed by atoms with E-state index in [1.54, 1.807) is 4.90 Å². The van der Waals surface area contributed by atoms with E-state index in [1.165, 1.54) is 79.2 Å². The molecule has 1 fully saturated rings. The van der Waals surface area contributed by atoms with Gasteiger partial charge in [-0.15, -0.1) is 0 Å². The number of fused-ring (bicyclic) bond motifs is 2. The molecule has 3 atom stereocenters. The van der Waals surface area contributed by atoms with E-state index in [-0.39, 0.29) is 0 Å². The van der Waals surface area contributed by atoms with Crippen LogP contribution in [-0.2, 0) is 0 Å². The number of hydrogen-bond donors (Lipinski definition) is 1. The molecule has 0 radical (unpaired) electrons. The Balaban J connectivity index is 0.000000330. The monoisotopic (exact) mass is 553 g/mol. The van der Waals surface area contributed by atoms with Gasteiger partial charge in [0.1, 0.15) is 12.2 Å². The van der Waals surface area contributed by atoms with Crippen molar-refractivity contribution in [3.05, 3.63) is 117 Å². The van der Waals surface area contributed by atoms with E-state index in [2.05, 4.69) is 147 Å². The van der Waals surface area contributed by atoms with Gasteiger partial charge in [-0.25, -0.2) is 0 Å². The molecule has 42 heavy (non-hydrogen) atoms. The Labute approximate surface area is 255 Å². The Morgan fingerprint density at radius 3 is 1.19 bits per heavy atom. The molecule has 0 aliphatic carbocycles. The molecule has 1 N–H and O–H groups in total. The van der Waals surface area contributed by atoms with Gasteiger partial charge in [0.05, 0.1) is 19.5 Å². The average molecular weight is 554 g/mol. The van der Waals surface area contributed by atoms with Crippen LogP contribution < -0.4 is 26.8 Å². The fraction of sp³-hybridized carbons (Fsp3) is 0.350. The first kappa shape index (κ1) is 29.9. The third kappa shape index (κ3) is 5.48. The maximum absolute atomic E-state index is 3.27. The molecule has 4 aromatic carbocycles. The lowest BCUT2D eigenvalue weighted by Gasteiger charge is -2.48. The summed E-state index contributed by atoms with van der Waals surface area (Å²) in [5.74, 6) is 6.48. The standard InChI is InChI=1S/C32H36B.C8H11N/c1-21-9-13-29(25(5)17-21)33(30-14-10-22(2)18-26(30)6,31-15-11-23(3)19-27(31)7)32-16-12-24(4)20-28(32)8;1-9-7-3-2-4-8(9)6-5-7/h9-20H,1-8H3;7-8H,3,5-6H2,1H3/q-1;/p+1/t;7-,8+/m.1/s1. The molecule has 0 amide bonds. The number of hydrogen-bond acceptors (Lipinski definition) is 0. The SMILES string of the molecule is C[NH+]1[C@@H]2CC#C[C@H]1CC2.Cc1ccc([B-](c2ccc(C)cc2C)(c2ccc(C)cc2C)c2ccc(C)cc2C)c(C)c1. The molecule has 2 aliphatic rings. The highest BCUT2D eigenvalue weighted by Crippen LogP contribution is 2.19. The van der Waals surface area contributed by atoms with Crippen molar-refractivity contribution >= 4 is 28.0 Å². The van der Waals surface area contributed by atoms with Crippen molar-refractivity contribution in [3.63, 3.8) is 0 Å². The van der Waals surface area contributed by atoms with E-state index in [1.807, 2.05) is 0 Å². The van der Waals surface area contributed by atoms with Crippen LogP contribution in [-0.4, -0.2) is 25.3 Å². The van der Waals surface area contributed by atoms with Crippen molar-refractivity contribution in [2.45, 2.75) is 86.7 Å². The molecule has 0 saturated carbocycles. The van der Waals surface area contributed by atoms with Crippen molar-refractivity contribution in [2.24, 2.45) is 0 Å². The summed E-state index contributed by atoms with van der Waals surface area (Å²) in [7, 11) is 2.27. The molecule has 2 heterocycles. The molecule has 0 aromatic heterocycles. The largest absolute Gasteiger partial charge is 0.322 e. The van der Waals surface area contributed by atoms with Gasteiger partial charge in [0.25, 0.3) is 0 Å². The molecule has 2 bridgehead atoms. The zero-order chi connectivity index (χ0) is 30.2. The Kier molecular flexibility index (Phi) is 8.55. The van der Waals surface area contributed by atoms with Gasteiger partial charge in [-0.1, -0.05) is 123 Å². The number of quaternary nitrogens is 1. The van der Waals surface area contributed by atoms with Gasteiger partial charge in [-0.05, 0) is 61.3 Å². The lowest BCUT2D eigenvalue weighted by Crippen LogP contribution is -3.14. The van der Waals surface area contributed by atoms with Gasteiger partial charge in [0, 0.05) is 12.8 Å². The minimum atomic E-state index is -1.38. The summed E-state index contributed by atoms with van der Waals surface area (Å²) < 4.78 is 0. The second-order valence-electron chi connectivity index (χ2n) is 13.4. The van der Waals surface area contributed by atoms with Gasteiger partial charge in [0.15, 0.2) is 0 Å². The molecule has 1 saturated heterocycles. The van der Waals surface area contributed by atoms with Gasteiger partial charge >= 0.3 is 0 Å². The van der Waals surface area contributed by atoms with Crippen LogP contribution in [0, 0.1) is 67.2 Å². The van der Waals surface area contributed by atoms with Gasteiger partial charge in [-0.2, -0.15) is 21.9 Å². The predicted molar refractivity (Wildman–Crippen MR) is 184 cm³/mol. The first-order chi connectivity index (χ1) is 20.0. The van der Waals surface area contributed by atoms with E-state index in [0.717, 1.165) is 12.5 Å². The van der Waals surface area contributed by atoms with E-state index in [9.17, 15) is 0 Å². The summed E-state index contributed by atoms with van der Waals surface area (Å²) in [6.45, 7) is 17.9. The summed E-state index contributed by atoms with van der Waals surface area (Å²) in [6, 6.07) is 29.7. The molecular weight excluding hydrogens is 505 g/mol. The van der Waals surface area contributed by atoms with Gasteiger partial charge in [-0.3, -0.25) is 0 Å². The second kappa shape index (κ2) is 12.0. The van der Waals surface area contributed by atoms with Crippen molar-refractivity contribution in [1.29, 1.82) is 0 Å². The molecule has 0 spiro atoms. The highest BCUT2D eigenvalue weighted by Gasteiger charge is 2.36. The van der Waals surface area contributed by atoms with Crippen molar-refractivity contribution < 1.29 is 4.90 Å². The maximum atomic E-state index is 3.27. The summed E-state index contributed by atoms with van der Waals surface area (Å²) in [5.41, 5.74) is 16.3. The minimum absolute atomic E-state index is 0.684. The second-order valence-corrected chi connectivity index (χ2v) is 13.4. The van der Waals surface area contributed by atoms with Crippen molar-refractivity contribution in [3.8, 4) is 11.8 Å². The first-order valence-electron chi connectivity index (χ1n) is 15.8. The Morgan fingerprint density at radius 2 is 0.905 bits per heavy atom. The van der Waals surface area contributed by atoms with Crippen LogP contribution in [0.15, 0.2) is 72.8 Å². The Morgan fingerprint density at radius 1 is 0.548 bits per heavy atom. The van der Waals surface area contributed by atoms with Crippen molar-refractivity contribution in [1.82, 2.24) is 0 Å². The number of aryl methyl sites for hydroxylation is 8. The third-order valence-electron chi connectivity index (χ3n) is 10.2. The fourth-order valence-corrected chi connectivity index (χ4v) is 8.11. The molecule has 1 unspecified atom stereocenters. The van der Waals surface area contributed by atoms with E-state index in [4.69, 9.17) is 0 Å². The highest BCUT2D eigenvalue weighted by molar-refractivity contribution is 7.20. The minimum Gasteiger partial charge on any atom is -0.322 e. The fourth-order valence-electron chi connectivity index (χ4n) is 8.11. The zero-order valence-corrected chi connectivity index (χ0v) is 27.3. The number of benzene rings is 4. The average Bonchev–Trinajstić information content (AvgIpc) is 3.11. The third-order valence-corrected chi connectivity index (χ3v) is 10.2. The molecule has 2 heteroatoms. The number of nitrogens with one attached hydrogen (secondary N) is 1. The zero-order valence-electron chi connectivity index (χ0n) is 27.3. The van der Waals surface area contributed by atoms with Crippen LogP contribution in [0.4, 0.5) is 0 Å². The van der Waals surface area contributed by atoms with E-state index < -0.39 is 6.15 Å². The van der Waals surface area contributed by atoms with E-state index in [0.29, 0.717) is 6.04 Å². The molecule has 2 aliphatic heterocycles. The van der Waals surface area contributed by atoms with Crippen LogP contribution in [0.1, 0.15) is 63.8 Å². The van der Waals surface area contributed by atoms with Crippen LogP contribution in [0.5, 0.6) is 0 Å². The smallest absolute Gasteiger partial charge is 0.149 e. The van der Waals surface area contributed by atoms with Crippen LogP contribution >= 0.6 is 0 Å². The topological polar surface area (TPSA) is 4.44 Å². The Bertz CT molecular complexity index is 1470. The lowest BCUT2D eigenvalue weighted by atomic mass is 9.11.